The maximum atomic E-state index is 9.05. The van der Waals surface area contributed by atoms with Crippen LogP contribution >= 0.6 is 0 Å². The SMILES string of the molecule is C=CCC(NC(=C)N(C)C)C1=CC(c2cccc(C#N)c2)=CC1. The van der Waals surface area contributed by atoms with Gasteiger partial charge < -0.3 is 10.2 Å². The zero-order valence-electron chi connectivity index (χ0n) is 13.8. The van der Waals surface area contributed by atoms with Gasteiger partial charge >= 0.3 is 0 Å². The van der Waals surface area contributed by atoms with E-state index < -0.39 is 0 Å². The van der Waals surface area contributed by atoms with Crippen molar-refractivity contribution in [1.82, 2.24) is 10.2 Å². The number of nitrogens with zero attached hydrogens (tertiary/aromatic N) is 2. The van der Waals surface area contributed by atoms with E-state index in [0.29, 0.717) is 5.56 Å². The highest BCUT2D eigenvalue weighted by atomic mass is 15.2. The minimum Gasteiger partial charge on any atom is -0.365 e. The van der Waals surface area contributed by atoms with Crippen LogP contribution in [0.4, 0.5) is 0 Å². The third-order valence-electron chi connectivity index (χ3n) is 3.95. The van der Waals surface area contributed by atoms with Gasteiger partial charge in [0, 0.05) is 14.1 Å². The molecule has 0 radical (unpaired) electrons. The molecule has 1 aliphatic carbocycles. The van der Waals surface area contributed by atoms with Crippen LogP contribution < -0.4 is 5.32 Å². The number of allylic oxidation sites excluding steroid dienone is 3. The zero-order valence-corrected chi connectivity index (χ0v) is 13.8. The molecule has 0 bridgehead atoms. The maximum absolute atomic E-state index is 9.05. The summed E-state index contributed by atoms with van der Waals surface area (Å²) in [7, 11) is 3.95. The van der Waals surface area contributed by atoms with Crippen LogP contribution in [0.2, 0.25) is 0 Å². The quantitative estimate of drug-likeness (QED) is 0.778. The molecular weight excluding hydrogens is 282 g/mol. The molecule has 0 amide bonds. The minimum absolute atomic E-state index is 0.190. The van der Waals surface area contributed by atoms with Gasteiger partial charge in [-0.05, 0) is 41.7 Å². The van der Waals surface area contributed by atoms with Gasteiger partial charge in [0.05, 0.1) is 23.5 Å². The number of hydrogen-bond donors (Lipinski definition) is 1. The Morgan fingerprint density at radius 2 is 2.26 bits per heavy atom. The highest BCUT2D eigenvalue weighted by Gasteiger charge is 2.18. The summed E-state index contributed by atoms with van der Waals surface area (Å²) in [5.41, 5.74) is 4.25. The van der Waals surface area contributed by atoms with Crippen molar-refractivity contribution in [3.63, 3.8) is 0 Å². The number of hydrogen-bond acceptors (Lipinski definition) is 3. The van der Waals surface area contributed by atoms with Crippen LogP contribution in [0.25, 0.3) is 5.57 Å². The molecule has 0 heterocycles. The van der Waals surface area contributed by atoms with E-state index in [4.69, 9.17) is 5.26 Å². The fourth-order valence-electron chi connectivity index (χ4n) is 2.56. The second-order valence-electron chi connectivity index (χ2n) is 5.84. The van der Waals surface area contributed by atoms with Crippen molar-refractivity contribution >= 4 is 5.57 Å². The summed E-state index contributed by atoms with van der Waals surface area (Å²) in [6, 6.07) is 10.1. The van der Waals surface area contributed by atoms with Gasteiger partial charge in [-0.25, -0.2) is 0 Å². The van der Waals surface area contributed by atoms with Crippen LogP contribution in [0.1, 0.15) is 24.0 Å². The first kappa shape index (κ1) is 16.6. The molecule has 0 spiro atoms. The van der Waals surface area contributed by atoms with E-state index in [-0.39, 0.29) is 6.04 Å². The molecule has 0 fully saturated rings. The predicted octanol–water partition coefficient (Wildman–Crippen LogP) is 3.84. The van der Waals surface area contributed by atoms with Crippen LogP contribution in [-0.4, -0.2) is 25.0 Å². The summed E-state index contributed by atoms with van der Waals surface area (Å²) in [6.07, 6.45) is 8.09. The Morgan fingerprint density at radius 3 is 2.91 bits per heavy atom. The molecule has 23 heavy (non-hydrogen) atoms. The van der Waals surface area contributed by atoms with Crippen molar-refractivity contribution in [2.45, 2.75) is 18.9 Å². The summed E-state index contributed by atoms with van der Waals surface area (Å²) in [4.78, 5) is 1.97. The van der Waals surface area contributed by atoms with E-state index in [1.165, 1.54) is 11.1 Å². The molecule has 118 valence electrons. The second kappa shape index (κ2) is 7.51. The molecule has 0 saturated heterocycles. The number of nitrogens with one attached hydrogen (secondary N) is 1. The van der Waals surface area contributed by atoms with Crippen LogP contribution in [0.5, 0.6) is 0 Å². The van der Waals surface area contributed by atoms with Crippen LogP contribution in [0.3, 0.4) is 0 Å². The topological polar surface area (TPSA) is 39.1 Å². The lowest BCUT2D eigenvalue weighted by Gasteiger charge is -2.25. The summed E-state index contributed by atoms with van der Waals surface area (Å²) in [5, 5.41) is 12.5. The normalized spacial score (nSPS) is 14.3. The molecule has 3 heteroatoms. The molecule has 1 aliphatic rings. The molecule has 1 unspecified atom stereocenters. The van der Waals surface area contributed by atoms with Crippen molar-refractivity contribution in [2.75, 3.05) is 14.1 Å². The molecule has 2 rings (SSSR count). The lowest BCUT2D eigenvalue weighted by atomic mass is 10.0. The van der Waals surface area contributed by atoms with Gasteiger partial charge in [-0.2, -0.15) is 5.26 Å². The Labute approximate surface area is 138 Å². The average molecular weight is 305 g/mol. The van der Waals surface area contributed by atoms with Crippen LogP contribution in [0, 0.1) is 11.3 Å². The van der Waals surface area contributed by atoms with Crippen LogP contribution in [-0.2, 0) is 0 Å². The summed E-state index contributed by atoms with van der Waals surface area (Å²) >= 11 is 0. The first-order chi connectivity index (χ1) is 11.0. The first-order valence-electron chi connectivity index (χ1n) is 7.70. The predicted molar refractivity (Wildman–Crippen MR) is 96.4 cm³/mol. The van der Waals surface area contributed by atoms with Gasteiger partial charge in [0.25, 0.3) is 0 Å². The fourth-order valence-corrected chi connectivity index (χ4v) is 2.56. The summed E-state index contributed by atoms with van der Waals surface area (Å²) in [6.45, 7) is 7.91. The van der Waals surface area contributed by atoms with E-state index in [1.807, 2.05) is 49.3 Å². The molecule has 0 aromatic heterocycles. The molecular formula is C20H23N3. The molecule has 1 aromatic carbocycles. The van der Waals surface area contributed by atoms with Crippen molar-refractivity contribution in [3.8, 4) is 6.07 Å². The lowest BCUT2D eigenvalue weighted by Crippen LogP contribution is -2.34. The van der Waals surface area contributed by atoms with Crippen molar-refractivity contribution < 1.29 is 0 Å². The highest BCUT2D eigenvalue weighted by molar-refractivity contribution is 5.78. The van der Waals surface area contributed by atoms with Gasteiger partial charge in [0.15, 0.2) is 0 Å². The van der Waals surface area contributed by atoms with Gasteiger partial charge in [-0.3, -0.25) is 0 Å². The smallest absolute Gasteiger partial charge is 0.0991 e. The minimum atomic E-state index is 0.190. The Bertz CT molecular complexity index is 702. The largest absolute Gasteiger partial charge is 0.365 e. The monoisotopic (exact) mass is 305 g/mol. The van der Waals surface area contributed by atoms with E-state index in [2.05, 4.69) is 36.7 Å². The van der Waals surface area contributed by atoms with E-state index in [1.54, 1.807) is 0 Å². The van der Waals surface area contributed by atoms with Gasteiger partial charge in [-0.1, -0.05) is 36.9 Å². The molecule has 1 aromatic rings. The Hall–Kier alpha value is -2.73. The molecule has 1 atom stereocenters. The lowest BCUT2D eigenvalue weighted by molar-refractivity contribution is 0.440. The Morgan fingerprint density at radius 1 is 1.48 bits per heavy atom. The second-order valence-corrected chi connectivity index (χ2v) is 5.84. The maximum Gasteiger partial charge on any atom is 0.0991 e. The highest BCUT2D eigenvalue weighted by Crippen LogP contribution is 2.29. The van der Waals surface area contributed by atoms with Crippen molar-refractivity contribution in [1.29, 1.82) is 5.26 Å². The fraction of sp³-hybridized carbons (Fsp3) is 0.250. The third kappa shape index (κ3) is 4.14. The van der Waals surface area contributed by atoms with E-state index in [9.17, 15) is 0 Å². The van der Waals surface area contributed by atoms with E-state index in [0.717, 1.165) is 24.2 Å². The first-order valence-corrected chi connectivity index (χ1v) is 7.70. The number of rotatable bonds is 7. The zero-order chi connectivity index (χ0) is 16.8. The van der Waals surface area contributed by atoms with Gasteiger partial charge in [-0.15, -0.1) is 6.58 Å². The Balaban J connectivity index is 2.18. The van der Waals surface area contributed by atoms with Gasteiger partial charge in [0.1, 0.15) is 0 Å². The average Bonchev–Trinajstić information content (AvgIpc) is 3.04. The standard InChI is InChI=1S/C20H23N3/c1-5-7-20(22-15(2)23(3)4)19-11-10-18(13-19)17-9-6-8-16(12-17)14-21/h5-6,8-10,12-13,20,22H,1-2,7,11H2,3-4H3. The van der Waals surface area contributed by atoms with E-state index >= 15 is 0 Å². The number of nitriles is 1. The molecule has 1 N–H and O–H groups in total. The molecule has 3 nitrogen and oxygen atoms in total. The Kier molecular flexibility index (Phi) is 5.43. The summed E-state index contributed by atoms with van der Waals surface area (Å²) in [5.74, 6) is 0.887. The third-order valence-corrected chi connectivity index (χ3v) is 3.95. The summed E-state index contributed by atoms with van der Waals surface area (Å²) < 4.78 is 0. The molecule has 0 aliphatic heterocycles. The number of benzene rings is 1. The van der Waals surface area contributed by atoms with Crippen molar-refractivity contribution in [3.05, 3.63) is 78.2 Å². The van der Waals surface area contributed by atoms with Crippen molar-refractivity contribution in [2.24, 2.45) is 0 Å². The van der Waals surface area contributed by atoms with Crippen LogP contribution in [0.15, 0.2) is 67.0 Å². The molecule has 0 saturated carbocycles. The van der Waals surface area contributed by atoms with Gasteiger partial charge in [0.2, 0.25) is 0 Å².